The molecule has 0 spiro atoms. The number of fused-ring (bicyclic) bond motifs is 1. The van der Waals surface area contributed by atoms with E-state index in [1.54, 1.807) is 16.0 Å². The zero-order valence-corrected chi connectivity index (χ0v) is 12.7. The van der Waals surface area contributed by atoms with Crippen LogP contribution in [0.1, 0.15) is 12.8 Å². The molecule has 1 aromatic carbocycles. The molecule has 1 N–H and O–H groups in total. The van der Waals surface area contributed by atoms with Crippen LogP contribution in [-0.4, -0.2) is 59.3 Å². The monoisotopic (exact) mass is 314 g/mol. The number of carbonyl (C=O) groups is 2. The van der Waals surface area contributed by atoms with E-state index in [1.807, 2.05) is 18.2 Å². The van der Waals surface area contributed by atoms with Crippen molar-refractivity contribution in [1.29, 1.82) is 0 Å². The molecule has 1 aromatic heterocycles. The maximum absolute atomic E-state index is 12.5. The molecule has 0 radical (unpaired) electrons. The van der Waals surface area contributed by atoms with Crippen molar-refractivity contribution < 1.29 is 14.3 Å². The third-order valence-corrected chi connectivity index (χ3v) is 4.47. The molecule has 2 aliphatic rings. The van der Waals surface area contributed by atoms with Crippen LogP contribution in [0.5, 0.6) is 0 Å². The number of carbonyl (C=O) groups excluding carboxylic acids is 2. The normalized spacial score (nSPS) is 22.1. The SMILES string of the molecule is O=C([C@H]1CCCO1)N1CCN(c2ccc3cn[nH]c3c2)C(=O)C1. The number of amides is 2. The first kappa shape index (κ1) is 14.2. The van der Waals surface area contributed by atoms with E-state index >= 15 is 0 Å². The molecule has 1 atom stereocenters. The molecule has 23 heavy (non-hydrogen) atoms. The molecule has 2 aliphatic heterocycles. The Kier molecular flexibility index (Phi) is 3.49. The van der Waals surface area contributed by atoms with Gasteiger partial charge in [-0.25, -0.2) is 0 Å². The Bertz CT molecular complexity index is 751. The van der Waals surface area contributed by atoms with Crippen LogP contribution >= 0.6 is 0 Å². The first-order valence-corrected chi connectivity index (χ1v) is 7.86. The Hall–Kier alpha value is -2.41. The van der Waals surface area contributed by atoms with Crippen LogP contribution in [-0.2, 0) is 14.3 Å². The van der Waals surface area contributed by atoms with Crippen molar-refractivity contribution in [2.45, 2.75) is 18.9 Å². The number of aromatic nitrogens is 2. The van der Waals surface area contributed by atoms with Gasteiger partial charge in [-0.05, 0) is 31.0 Å². The van der Waals surface area contributed by atoms with E-state index in [0.717, 1.165) is 29.4 Å². The molecule has 2 fully saturated rings. The molecule has 7 heteroatoms. The highest BCUT2D eigenvalue weighted by atomic mass is 16.5. The van der Waals surface area contributed by atoms with Gasteiger partial charge in [0.25, 0.3) is 5.91 Å². The number of aromatic amines is 1. The second-order valence-electron chi connectivity index (χ2n) is 5.95. The lowest BCUT2D eigenvalue weighted by Gasteiger charge is -2.35. The molecule has 0 bridgehead atoms. The lowest BCUT2D eigenvalue weighted by Crippen LogP contribution is -2.54. The largest absolute Gasteiger partial charge is 0.368 e. The third kappa shape index (κ3) is 2.57. The Labute approximate surface area is 133 Å². The van der Waals surface area contributed by atoms with E-state index in [-0.39, 0.29) is 24.5 Å². The summed E-state index contributed by atoms with van der Waals surface area (Å²) >= 11 is 0. The van der Waals surface area contributed by atoms with E-state index in [9.17, 15) is 9.59 Å². The third-order valence-electron chi connectivity index (χ3n) is 4.47. The molecule has 0 unspecified atom stereocenters. The molecule has 120 valence electrons. The van der Waals surface area contributed by atoms with Gasteiger partial charge < -0.3 is 14.5 Å². The zero-order chi connectivity index (χ0) is 15.8. The van der Waals surface area contributed by atoms with E-state index in [0.29, 0.717) is 19.7 Å². The number of ether oxygens (including phenoxy) is 1. The van der Waals surface area contributed by atoms with Gasteiger partial charge in [-0.2, -0.15) is 5.10 Å². The average molecular weight is 314 g/mol. The summed E-state index contributed by atoms with van der Waals surface area (Å²) in [6, 6.07) is 5.76. The fourth-order valence-electron chi connectivity index (χ4n) is 3.20. The van der Waals surface area contributed by atoms with Gasteiger partial charge in [0, 0.05) is 30.8 Å². The Morgan fingerprint density at radius 2 is 2.26 bits per heavy atom. The van der Waals surface area contributed by atoms with Gasteiger partial charge in [-0.1, -0.05) is 0 Å². The fraction of sp³-hybridized carbons (Fsp3) is 0.438. The molecule has 4 rings (SSSR count). The quantitative estimate of drug-likeness (QED) is 0.894. The number of benzene rings is 1. The lowest BCUT2D eigenvalue weighted by atomic mass is 10.1. The Morgan fingerprint density at radius 1 is 1.35 bits per heavy atom. The molecule has 0 aliphatic carbocycles. The Morgan fingerprint density at radius 3 is 3.04 bits per heavy atom. The van der Waals surface area contributed by atoms with Crippen LogP contribution in [0.2, 0.25) is 0 Å². The maximum Gasteiger partial charge on any atom is 0.252 e. The van der Waals surface area contributed by atoms with Crippen LogP contribution in [0.4, 0.5) is 5.69 Å². The first-order valence-electron chi connectivity index (χ1n) is 7.86. The van der Waals surface area contributed by atoms with Crippen molar-refractivity contribution in [3.8, 4) is 0 Å². The minimum atomic E-state index is -0.365. The van der Waals surface area contributed by atoms with Crippen molar-refractivity contribution in [1.82, 2.24) is 15.1 Å². The number of H-pyrrole nitrogens is 1. The summed E-state index contributed by atoms with van der Waals surface area (Å²) in [7, 11) is 0. The summed E-state index contributed by atoms with van der Waals surface area (Å²) < 4.78 is 5.43. The van der Waals surface area contributed by atoms with Gasteiger partial charge in [0.15, 0.2) is 0 Å². The van der Waals surface area contributed by atoms with E-state index in [1.165, 1.54) is 0 Å². The second-order valence-corrected chi connectivity index (χ2v) is 5.95. The summed E-state index contributed by atoms with van der Waals surface area (Å²) in [6.45, 7) is 1.77. The van der Waals surface area contributed by atoms with Gasteiger partial charge >= 0.3 is 0 Å². The van der Waals surface area contributed by atoms with E-state index in [4.69, 9.17) is 4.74 Å². The smallest absolute Gasteiger partial charge is 0.252 e. The van der Waals surface area contributed by atoms with E-state index in [2.05, 4.69) is 10.2 Å². The maximum atomic E-state index is 12.5. The van der Waals surface area contributed by atoms with Crippen molar-refractivity contribution >= 4 is 28.4 Å². The summed E-state index contributed by atoms with van der Waals surface area (Å²) in [6.07, 6.45) is 3.05. The van der Waals surface area contributed by atoms with Crippen LogP contribution in [0.3, 0.4) is 0 Å². The van der Waals surface area contributed by atoms with Gasteiger partial charge in [0.2, 0.25) is 5.91 Å². The molecular formula is C16H18N4O3. The van der Waals surface area contributed by atoms with Crippen molar-refractivity contribution in [2.75, 3.05) is 31.1 Å². The number of rotatable bonds is 2. The molecule has 2 saturated heterocycles. The van der Waals surface area contributed by atoms with Gasteiger partial charge in [-0.15, -0.1) is 0 Å². The lowest BCUT2D eigenvalue weighted by molar-refractivity contribution is -0.144. The number of hydrogen-bond acceptors (Lipinski definition) is 4. The minimum absolute atomic E-state index is 0.0560. The standard InChI is InChI=1S/C16H18N4O3/c21-15-10-19(16(22)14-2-1-7-23-14)5-6-20(15)12-4-3-11-9-17-18-13(11)8-12/h3-4,8-9,14H,1-2,5-7,10H2,(H,17,18)/t14-/m1/s1. The van der Waals surface area contributed by atoms with E-state index < -0.39 is 0 Å². The number of nitrogens with one attached hydrogen (secondary N) is 1. The first-order chi connectivity index (χ1) is 11.2. The fourth-order valence-corrected chi connectivity index (χ4v) is 3.20. The molecule has 7 nitrogen and oxygen atoms in total. The van der Waals surface area contributed by atoms with Crippen LogP contribution in [0.15, 0.2) is 24.4 Å². The average Bonchev–Trinajstić information content (AvgIpc) is 3.24. The molecule has 3 heterocycles. The van der Waals surface area contributed by atoms with Crippen molar-refractivity contribution in [2.24, 2.45) is 0 Å². The number of hydrogen-bond donors (Lipinski definition) is 1. The summed E-state index contributed by atoms with van der Waals surface area (Å²) in [5.41, 5.74) is 1.73. The predicted molar refractivity (Wildman–Crippen MR) is 84.0 cm³/mol. The second kappa shape index (κ2) is 5.66. The number of anilines is 1. The molecular weight excluding hydrogens is 296 g/mol. The van der Waals surface area contributed by atoms with Crippen LogP contribution in [0.25, 0.3) is 10.9 Å². The summed E-state index contributed by atoms with van der Waals surface area (Å²) in [5.74, 6) is -0.124. The zero-order valence-electron chi connectivity index (χ0n) is 12.7. The van der Waals surface area contributed by atoms with Crippen LogP contribution in [0, 0.1) is 0 Å². The number of piperazine rings is 1. The highest BCUT2D eigenvalue weighted by Gasteiger charge is 2.33. The Balaban J connectivity index is 1.48. The highest BCUT2D eigenvalue weighted by Crippen LogP contribution is 2.23. The highest BCUT2D eigenvalue weighted by molar-refractivity contribution is 5.99. The van der Waals surface area contributed by atoms with Crippen molar-refractivity contribution in [3.05, 3.63) is 24.4 Å². The van der Waals surface area contributed by atoms with Gasteiger partial charge in [0.05, 0.1) is 11.7 Å². The van der Waals surface area contributed by atoms with Crippen molar-refractivity contribution in [3.63, 3.8) is 0 Å². The van der Waals surface area contributed by atoms with Gasteiger partial charge in [0.1, 0.15) is 12.6 Å². The summed E-state index contributed by atoms with van der Waals surface area (Å²) in [4.78, 5) is 28.1. The van der Waals surface area contributed by atoms with Gasteiger partial charge in [-0.3, -0.25) is 14.7 Å². The molecule has 0 saturated carbocycles. The predicted octanol–water partition coefficient (Wildman–Crippen LogP) is 0.917. The van der Waals surface area contributed by atoms with Crippen LogP contribution < -0.4 is 4.90 Å². The molecule has 2 aromatic rings. The minimum Gasteiger partial charge on any atom is -0.368 e. The topological polar surface area (TPSA) is 78.5 Å². The number of nitrogens with zero attached hydrogens (tertiary/aromatic N) is 3. The molecule has 2 amide bonds. The summed E-state index contributed by atoms with van der Waals surface area (Å²) in [5, 5.41) is 7.91.